The first-order chi connectivity index (χ1) is 10.9. The Hall–Kier alpha value is -1.62. The Morgan fingerprint density at radius 3 is 2.43 bits per heavy atom. The molecule has 1 aliphatic rings. The number of carbonyl (C=O) groups is 1. The Morgan fingerprint density at radius 1 is 1.26 bits per heavy atom. The molecule has 23 heavy (non-hydrogen) atoms. The maximum absolute atomic E-state index is 12.9. The molecule has 128 valence electrons. The number of piperidine rings is 1. The van der Waals surface area contributed by atoms with Gasteiger partial charge in [-0.25, -0.2) is 4.39 Å². The number of likely N-dealkylation sites (tertiary alicyclic amines) is 1. The summed E-state index contributed by atoms with van der Waals surface area (Å²) < 4.78 is 18.4. The van der Waals surface area contributed by atoms with Crippen LogP contribution in [-0.2, 0) is 4.79 Å². The third-order valence-corrected chi connectivity index (χ3v) is 4.05. The summed E-state index contributed by atoms with van der Waals surface area (Å²) in [6, 6.07) is 5.92. The van der Waals surface area contributed by atoms with E-state index < -0.39 is 6.10 Å². The highest BCUT2D eigenvalue weighted by Gasteiger charge is 2.23. The fraction of sp³-hybridized carbons (Fsp3) is 0.611. The monoisotopic (exact) mass is 322 g/mol. The van der Waals surface area contributed by atoms with Crippen LogP contribution in [0.25, 0.3) is 0 Å². The lowest BCUT2D eigenvalue weighted by atomic mass is 10.0. The number of hydrogen-bond acceptors (Lipinski definition) is 3. The lowest BCUT2D eigenvalue weighted by molar-refractivity contribution is -0.128. The fourth-order valence-electron chi connectivity index (χ4n) is 2.87. The van der Waals surface area contributed by atoms with Crippen LogP contribution in [0.3, 0.4) is 0 Å². The summed E-state index contributed by atoms with van der Waals surface area (Å²) in [5.74, 6) is 0.741. The van der Waals surface area contributed by atoms with E-state index in [9.17, 15) is 9.18 Å². The zero-order valence-electron chi connectivity index (χ0n) is 14.2. The fourth-order valence-corrected chi connectivity index (χ4v) is 2.87. The van der Waals surface area contributed by atoms with Crippen molar-refractivity contribution in [1.29, 1.82) is 0 Å². The van der Waals surface area contributed by atoms with Crippen molar-refractivity contribution < 1.29 is 13.9 Å². The summed E-state index contributed by atoms with van der Waals surface area (Å²) in [4.78, 5) is 14.7. The van der Waals surface area contributed by atoms with Gasteiger partial charge >= 0.3 is 0 Å². The molecule has 0 aliphatic carbocycles. The van der Waals surface area contributed by atoms with Crippen LogP contribution in [0.1, 0.15) is 33.6 Å². The van der Waals surface area contributed by atoms with Crippen molar-refractivity contribution in [3.8, 4) is 5.75 Å². The van der Waals surface area contributed by atoms with Crippen LogP contribution in [0.5, 0.6) is 5.75 Å². The summed E-state index contributed by atoms with van der Waals surface area (Å²) in [7, 11) is 0. The Kier molecular flexibility index (Phi) is 6.39. The molecule has 1 atom stereocenters. The number of hydrogen-bond donors (Lipinski definition) is 1. The molecule has 1 amide bonds. The van der Waals surface area contributed by atoms with Gasteiger partial charge in [-0.3, -0.25) is 4.79 Å². The summed E-state index contributed by atoms with van der Waals surface area (Å²) in [5.41, 5.74) is 0. The molecule has 0 unspecified atom stereocenters. The second-order valence-electron chi connectivity index (χ2n) is 6.69. The van der Waals surface area contributed by atoms with Gasteiger partial charge in [-0.05, 0) is 49.9 Å². The quantitative estimate of drug-likeness (QED) is 0.876. The van der Waals surface area contributed by atoms with Crippen LogP contribution in [0.4, 0.5) is 4.39 Å². The van der Waals surface area contributed by atoms with Crippen molar-refractivity contribution in [3.05, 3.63) is 30.1 Å². The zero-order chi connectivity index (χ0) is 16.8. The normalized spacial score (nSPS) is 18.0. The van der Waals surface area contributed by atoms with Crippen molar-refractivity contribution in [2.24, 2.45) is 5.92 Å². The van der Waals surface area contributed by atoms with Gasteiger partial charge in [0.15, 0.2) is 6.10 Å². The van der Waals surface area contributed by atoms with E-state index in [1.54, 1.807) is 6.92 Å². The first kappa shape index (κ1) is 17.7. The van der Waals surface area contributed by atoms with Crippen molar-refractivity contribution >= 4 is 5.91 Å². The maximum Gasteiger partial charge on any atom is 0.260 e. The molecule has 0 aromatic heterocycles. The molecule has 1 aromatic rings. The summed E-state index contributed by atoms with van der Waals surface area (Å²) in [6.07, 6.45) is 1.36. The van der Waals surface area contributed by atoms with Crippen molar-refractivity contribution in [3.63, 3.8) is 0 Å². The highest BCUT2D eigenvalue weighted by Crippen LogP contribution is 2.15. The largest absolute Gasteiger partial charge is 0.481 e. The highest BCUT2D eigenvalue weighted by atomic mass is 19.1. The van der Waals surface area contributed by atoms with E-state index in [1.165, 1.54) is 24.3 Å². The molecule has 1 aliphatic heterocycles. The van der Waals surface area contributed by atoms with E-state index in [2.05, 4.69) is 24.1 Å². The minimum Gasteiger partial charge on any atom is -0.481 e. The van der Waals surface area contributed by atoms with E-state index in [0.717, 1.165) is 32.5 Å². The molecular formula is C18H27FN2O2. The van der Waals surface area contributed by atoms with E-state index in [1.807, 2.05) is 0 Å². The van der Waals surface area contributed by atoms with Crippen LogP contribution in [-0.4, -0.2) is 42.6 Å². The average Bonchev–Trinajstić information content (AvgIpc) is 2.51. The number of carbonyl (C=O) groups excluding carboxylic acids is 1. The lowest BCUT2D eigenvalue weighted by Gasteiger charge is -2.33. The van der Waals surface area contributed by atoms with Gasteiger partial charge in [0.05, 0.1) is 0 Å². The second kappa shape index (κ2) is 8.29. The van der Waals surface area contributed by atoms with Gasteiger partial charge in [-0.2, -0.15) is 0 Å². The number of nitrogens with zero attached hydrogens (tertiary/aromatic N) is 1. The molecule has 0 saturated carbocycles. The molecular weight excluding hydrogens is 295 g/mol. The molecule has 1 fully saturated rings. The molecule has 1 saturated heterocycles. The standard InChI is InChI=1S/C18H27FN2O2/c1-13(2)12-21-10-8-16(9-11-21)20-18(22)14(3)23-17-6-4-15(19)5-7-17/h4-7,13-14,16H,8-12H2,1-3H3,(H,20,22)/t14-/m0/s1. The predicted octanol–water partition coefficient (Wildman–Crippen LogP) is 2.83. The number of rotatable bonds is 6. The van der Waals surface area contributed by atoms with Crippen molar-refractivity contribution in [2.75, 3.05) is 19.6 Å². The Bertz CT molecular complexity index is 496. The molecule has 2 rings (SSSR count). The highest BCUT2D eigenvalue weighted by molar-refractivity contribution is 5.81. The van der Waals surface area contributed by atoms with Gasteiger partial charge in [0.25, 0.3) is 5.91 Å². The number of benzene rings is 1. The molecule has 1 aromatic carbocycles. The van der Waals surface area contributed by atoms with Crippen molar-refractivity contribution in [2.45, 2.75) is 45.8 Å². The summed E-state index contributed by atoms with van der Waals surface area (Å²) >= 11 is 0. The van der Waals surface area contributed by atoms with E-state index in [0.29, 0.717) is 11.7 Å². The van der Waals surface area contributed by atoms with Gasteiger partial charge in [0.2, 0.25) is 0 Å². The number of ether oxygens (including phenoxy) is 1. The topological polar surface area (TPSA) is 41.6 Å². The molecule has 0 spiro atoms. The molecule has 4 nitrogen and oxygen atoms in total. The third-order valence-electron chi connectivity index (χ3n) is 4.05. The Balaban J connectivity index is 1.75. The lowest BCUT2D eigenvalue weighted by Crippen LogP contribution is -2.48. The molecule has 5 heteroatoms. The van der Waals surface area contributed by atoms with Gasteiger partial charge < -0.3 is 15.0 Å². The van der Waals surface area contributed by atoms with Crippen LogP contribution < -0.4 is 10.1 Å². The van der Waals surface area contributed by atoms with E-state index in [4.69, 9.17) is 4.74 Å². The molecule has 0 radical (unpaired) electrons. The smallest absolute Gasteiger partial charge is 0.260 e. The number of halogens is 1. The van der Waals surface area contributed by atoms with Gasteiger partial charge in [0, 0.05) is 25.7 Å². The summed E-state index contributed by atoms with van der Waals surface area (Å²) in [6.45, 7) is 9.33. The number of amides is 1. The van der Waals surface area contributed by atoms with Crippen LogP contribution in [0.2, 0.25) is 0 Å². The second-order valence-corrected chi connectivity index (χ2v) is 6.69. The van der Waals surface area contributed by atoms with Gasteiger partial charge in [-0.15, -0.1) is 0 Å². The van der Waals surface area contributed by atoms with Gasteiger partial charge in [0.1, 0.15) is 11.6 Å². The Morgan fingerprint density at radius 2 is 1.87 bits per heavy atom. The van der Waals surface area contributed by atoms with E-state index >= 15 is 0 Å². The molecule has 1 N–H and O–H groups in total. The first-order valence-corrected chi connectivity index (χ1v) is 8.39. The van der Waals surface area contributed by atoms with E-state index in [-0.39, 0.29) is 17.8 Å². The molecule has 0 bridgehead atoms. The average molecular weight is 322 g/mol. The van der Waals surface area contributed by atoms with Crippen LogP contribution >= 0.6 is 0 Å². The van der Waals surface area contributed by atoms with Crippen LogP contribution in [0, 0.1) is 11.7 Å². The maximum atomic E-state index is 12.9. The zero-order valence-corrected chi connectivity index (χ0v) is 14.2. The third kappa shape index (κ3) is 5.82. The minimum atomic E-state index is -0.589. The predicted molar refractivity (Wildman–Crippen MR) is 88.9 cm³/mol. The number of nitrogens with one attached hydrogen (secondary N) is 1. The van der Waals surface area contributed by atoms with Crippen LogP contribution in [0.15, 0.2) is 24.3 Å². The van der Waals surface area contributed by atoms with Crippen molar-refractivity contribution in [1.82, 2.24) is 10.2 Å². The Labute approximate surface area is 138 Å². The first-order valence-electron chi connectivity index (χ1n) is 8.39. The minimum absolute atomic E-state index is 0.114. The molecule has 1 heterocycles. The SMILES string of the molecule is CC(C)CN1CCC(NC(=O)[C@H](C)Oc2ccc(F)cc2)CC1. The van der Waals surface area contributed by atoms with Gasteiger partial charge in [-0.1, -0.05) is 13.8 Å². The summed E-state index contributed by atoms with van der Waals surface area (Å²) in [5, 5.41) is 3.06.